The number of rotatable bonds is 4. The molecule has 19 heavy (non-hydrogen) atoms. The number of nitrogens with zero attached hydrogens (tertiary/aromatic N) is 2. The molecule has 0 aliphatic heterocycles. The molecule has 1 amide bonds. The minimum absolute atomic E-state index is 0.0194. The molecule has 2 rings (SSSR count). The van der Waals surface area contributed by atoms with Gasteiger partial charge < -0.3 is 10.4 Å². The van der Waals surface area contributed by atoms with Crippen LogP contribution in [0.5, 0.6) is 0 Å². The van der Waals surface area contributed by atoms with Crippen molar-refractivity contribution in [1.82, 2.24) is 15.3 Å². The summed E-state index contributed by atoms with van der Waals surface area (Å²) < 4.78 is 0. The smallest absolute Gasteiger partial charge is 0.271 e. The molecule has 0 saturated carbocycles. The van der Waals surface area contributed by atoms with Crippen molar-refractivity contribution in [2.75, 3.05) is 0 Å². The van der Waals surface area contributed by atoms with Gasteiger partial charge in [-0.15, -0.1) is 0 Å². The molecule has 2 N–H and O–H groups in total. The fourth-order valence-corrected chi connectivity index (χ4v) is 1.55. The van der Waals surface area contributed by atoms with Gasteiger partial charge in [-0.25, -0.2) is 4.98 Å². The average Bonchev–Trinajstić information content (AvgIpc) is 2.46. The fourth-order valence-electron chi connectivity index (χ4n) is 1.55. The van der Waals surface area contributed by atoms with Crippen LogP contribution in [-0.4, -0.2) is 21.0 Å². The topological polar surface area (TPSA) is 75.1 Å². The minimum Gasteiger partial charge on any atom is -0.392 e. The molecule has 5 nitrogen and oxygen atoms in total. The molecular formula is C14H15N3O2. The Bertz CT molecular complexity index is 550. The van der Waals surface area contributed by atoms with Gasteiger partial charge in [0.05, 0.1) is 18.5 Å². The molecule has 0 atom stereocenters. The number of aromatic nitrogens is 2. The maximum absolute atomic E-state index is 11.8. The molecule has 5 heteroatoms. The number of aliphatic hydroxyl groups is 1. The summed E-state index contributed by atoms with van der Waals surface area (Å²) >= 11 is 0. The lowest BCUT2D eigenvalue weighted by Gasteiger charge is -2.05. The van der Waals surface area contributed by atoms with Gasteiger partial charge in [-0.1, -0.05) is 24.3 Å². The first-order valence-corrected chi connectivity index (χ1v) is 5.94. The van der Waals surface area contributed by atoms with Gasteiger partial charge in [0.15, 0.2) is 0 Å². The minimum atomic E-state index is -0.251. The van der Waals surface area contributed by atoms with Crippen LogP contribution in [0.4, 0.5) is 0 Å². The Labute approximate surface area is 111 Å². The maximum Gasteiger partial charge on any atom is 0.271 e. The Morgan fingerprint density at radius 1 is 1.16 bits per heavy atom. The Hall–Kier alpha value is -2.27. The van der Waals surface area contributed by atoms with Crippen LogP contribution in [0.1, 0.15) is 27.3 Å². The third-order valence-electron chi connectivity index (χ3n) is 2.67. The van der Waals surface area contributed by atoms with E-state index in [0.717, 1.165) is 16.8 Å². The molecule has 0 aliphatic rings. The van der Waals surface area contributed by atoms with Crippen molar-refractivity contribution in [3.05, 3.63) is 59.2 Å². The second kappa shape index (κ2) is 6.06. The SMILES string of the molecule is Cc1cnc(C(=O)NCc2ccc(CO)cc2)cn1. The predicted molar refractivity (Wildman–Crippen MR) is 70.3 cm³/mol. The van der Waals surface area contributed by atoms with Crippen LogP contribution in [0.3, 0.4) is 0 Å². The molecule has 0 bridgehead atoms. The summed E-state index contributed by atoms with van der Waals surface area (Å²) in [5.74, 6) is -0.251. The summed E-state index contributed by atoms with van der Waals surface area (Å²) in [6.45, 7) is 2.25. The molecule has 0 fully saturated rings. The number of carbonyl (C=O) groups excluding carboxylic acids is 1. The lowest BCUT2D eigenvalue weighted by Crippen LogP contribution is -2.24. The van der Waals surface area contributed by atoms with Crippen molar-refractivity contribution >= 4 is 5.91 Å². The number of benzene rings is 1. The molecule has 0 radical (unpaired) electrons. The largest absolute Gasteiger partial charge is 0.392 e. The first-order valence-electron chi connectivity index (χ1n) is 5.94. The highest BCUT2D eigenvalue weighted by Crippen LogP contribution is 2.04. The van der Waals surface area contributed by atoms with E-state index >= 15 is 0 Å². The summed E-state index contributed by atoms with van der Waals surface area (Å²) in [5.41, 5.74) is 2.89. The molecule has 0 saturated heterocycles. The Morgan fingerprint density at radius 2 is 1.84 bits per heavy atom. The van der Waals surface area contributed by atoms with E-state index in [1.807, 2.05) is 31.2 Å². The van der Waals surface area contributed by atoms with E-state index in [2.05, 4.69) is 15.3 Å². The van der Waals surface area contributed by atoms with Gasteiger partial charge in [-0.05, 0) is 18.1 Å². The number of hydrogen-bond acceptors (Lipinski definition) is 4. The first-order chi connectivity index (χ1) is 9.19. The third-order valence-corrected chi connectivity index (χ3v) is 2.67. The highest BCUT2D eigenvalue weighted by molar-refractivity contribution is 5.91. The summed E-state index contributed by atoms with van der Waals surface area (Å²) in [6.07, 6.45) is 3.02. The van der Waals surface area contributed by atoms with Crippen LogP contribution in [0.25, 0.3) is 0 Å². The third kappa shape index (κ3) is 3.59. The lowest BCUT2D eigenvalue weighted by atomic mass is 10.1. The number of aliphatic hydroxyl groups excluding tert-OH is 1. The normalized spacial score (nSPS) is 10.2. The van der Waals surface area contributed by atoms with Gasteiger partial charge in [-0.2, -0.15) is 0 Å². The van der Waals surface area contributed by atoms with E-state index in [-0.39, 0.29) is 12.5 Å². The van der Waals surface area contributed by atoms with Gasteiger partial charge in [0.25, 0.3) is 5.91 Å². The van der Waals surface area contributed by atoms with Crippen LogP contribution in [0.2, 0.25) is 0 Å². The van der Waals surface area contributed by atoms with Crippen LogP contribution in [0.15, 0.2) is 36.7 Å². The second-order valence-corrected chi connectivity index (χ2v) is 4.20. The Balaban J connectivity index is 1.94. The number of carbonyl (C=O) groups is 1. The monoisotopic (exact) mass is 257 g/mol. The van der Waals surface area contributed by atoms with E-state index in [9.17, 15) is 4.79 Å². The quantitative estimate of drug-likeness (QED) is 0.863. The van der Waals surface area contributed by atoms with Crippen LogP contribution in [0, 0.1) is 6.92 Å². The summed E-state index contributed by atoms with van der Waals surface area (Å²) in [6, 6.07) is 7.39. The van der Waals surface area contributed by atoms with E-state index in [4.69, 9.17) is 5.11 Å². The molecule has 1 heterocycles. The molecule has 1 aromatic carbocycles. The van der Waals surface area contributed by atoms with E-state index in [0.29, 0.717) is 12.2 Å². The van der Waals surface area contributed by atoms with Crippen molar-refractivity contribution in [3.8, 4) is 0 Å². The molecule has 0 aliphatic carbocycles. The number of aryl methyl sites for hydroxylation is 1. The zero-order valence-electron chi connectivity index (χ0n) is 10.6. The van der Waals surface area contributed by atoms with E-state index in [1.54, 1.807) is 6.20 Å². The van der Waals surface area contributed by atoms with Crippen molar-refractivity contribution in [2.24, 2.45) is 0 Å². The van der Waals surface area contributed by atoms with Crippen molar-refractivity contribution in [3.63, 3.8) is 0 Å². The van der Waals surface area contributed by atoms with Crippen LogP contribution < -0.4 is 5.32 Å². The molecule has 98 valence electrons. The van der Waals surface area contributed by atoms with Crippen molar-refractivity contribution in [1.29, 1.82) is 0 Å². The zero-order chi connectivity index (χ0) is 13.7. The highest BCUT2D eigenvalue weighted by atomic mass is 16.3. The van der Waals surface area contributed by atoms with Gasteiger partial charge in [0, 0.05) is 12.7 Å². The van der Waals surface area contributed by atoms with Crippen LogP contribution >= 0.6 is 0 Å². The maximum atomic E-state index is 11.8. The Morgan fingerprint density at radius 3 is 2.42 bits per heavy atom. The lowest BCUT2D eigenvalue weighted by molar-refractivity contribution is 0.0945. The Kier molecular flexibility index (Phi) is 4.20. The average molecular weight is 257 g/mol. The van der Waals surface area contributed by atoms with Crippen LogP contribution in [-0.2, 0) is 13.2 Å². The molecule has 1 aromatic heterocycles. The summed E-state index contributed by atoms with van der Waals surface area (Å²) in [7, 11) is 0. The van der Waals surface area contributed by atoms with Crippen molar-refractivity contribution in [2.45, 2.75) is 20.1 Å². The van der Waals surface area contributed by atoms with E-state index < -0.39 is 0 Å². The first kappa shape index (κ1) is 13.2. The van der Waals surface area contributed by atoms with Gasteiger partial charge in [0.1, 0.15) is 5.69 Å². The predicted octanol–water partition coefficient (Wildman–Crippen LogP) is 1.21. The number of hydrogen-bond donors (Lipinski definition) is 2. The standard InChI is InChI=1S/C14H15N3O2/c1-10-6-16-13(8-15-10)14(19)17-7-11-2-4-12(9-18)5-3-11/h2-6,8,18H,7,9H2,1H3,(H,17,19). The summed E-state index contributed by atoms with van der Waals surface area (Å²) in [5, 5.41) is 11.7. The van der Waals surface area contributed by atoms with E-state index in [1.165, 1.54) is 6.20 Å². The van der Waals surface area contributed by atoms with Crippen molar-refractivity contribution < 1.29 is 9.90 Å². The van der Waals surface area contributed by atoms with Gasteiger partial charge in [0.2, 0.25) is 0 Å². The van der Waals surface area contributed by atoms with Gasteiger partial charge in [-0.3, -0.25) is 9.78 Å². The molecule has 0 spiro atoms. The highest BCUT2D eigenvalue weighted by Gasteiger charge is 2.06. The molecule has 2 aromatic rings. The second-order valence-electron chi connectivity index (χ2n) is 4.20. The summed E-state index contributed by atoms with van der Waals surface area (Å²) in [4.78, 5) is 19.8. The number of nitrogens with one attached hydrogen (secondary N) is 1. The number of amides is 1. The fraction of sp³-hybridized carbons (Fsp3) is 0.214. The molecular weight excluding hydrogens is 242 g/mol. The zero-order valence-corrected chi connectivity index (χ0v) is 10.6. The van der Waals surface area contributed by atoms with Gasteiger partial charge >= 0.3 is 0 Å². The molecule has 0 unspecified atom stereocenters.